The van der Waals surface area contributed by atoms with Crippen molar-refractivity contribution in [3.8, 4) is 0 Å². The number of carbonyl (C=O) groups is 1. The van der Waals surface area contributed by atoms with Gasteiger partial charge in [-0.15, -0.1) is 0 Å². The highest BCUT2D eigenvalue weighted by atomic mass is 16.1. The van der Waals surface area contributed by atoms with Crippen molar-refractivity contribution in [2.45, 2.75) is 6.54 Å². The molecule has 1 amide bonds. The number of pyridine rings is 1. The molecule has 0 atom stereocenters. The van der Waals surface area contributed by atoms with Gasteiger partial charge in [0.1, 0.15) is 0 Å². The summed E-state index contributed by atoms with van der Waals surface area (Å²) in [7, 11) is 1.84. The van der Waals surface area contributed by atoms with Crippen molar-refractivity contribution in [1.29, 1.82) is 0 Å². The van der Waals surface area contributed by atoms with E-state index in [1.54, 1.807) is 18.3 Å². The highest BCUT2D eigenvalue weighted by Crippen LogP contribution is 2.01. The first-order valence-electron chi connectivity index (χ1n) is 5.08. The number of nitrogens with zero attached hydrogens (tertiary/aromatic N) is 2. The lowest BCUT2D eigenvalue weighted by molar-refractivity contribution is 0.0954. The molecule has 0 saturated heterocycles. The highest BCUT2D eigenvalue weighted by Gasteiger charge is 2.04. The molecule has 1 heterocycles. The molecule has 0 saturated carbocycles. The summed E-state index contributed by atoms with van der Waals surface area (Å²) < 4.78 is 0. The second-order valence-electron chi connectivity index (χ2n) is 3.28. The molecular formula is C11H16N4O. The summed E-state index contributed by atoms with van der Waals surface area (Å²) in [6, 6.07) is 3.52. The first-order valence-corrected chi connectivity index (χ1v) is 5.08. The standard InChI is InChI=1S/C11H16N4O/c1-12-5-6-14-11(16)9-3-4-10(8-13-2)15-7-9/h3-4,7,12H,2,5-6,8H2,1H3,(H,14,16). The van der Waals surface area contributed by atoms with Crippen LogP contribution >= 0.6 is 0 Å². The Labute approximate surface area is 95.0 Å². The van der Waals surface area contributed by atoms with Crippen LogP contribution in [0.25, 0.3) is 0 Å². The Balaban J connectivity index is 2.52. The fourth-order valence-corrected chi connectivity index (χ4v) is 1.17. The SMILES string of the molecule is C=NCc1ccc(C(=O)NCCNC)cn1. The molecule has 0 spiro atoms. The van der Waals surface area contributed by atoms with E-state index in [4.69, 9.17) is 0 Å². The van der Waals surface area contributed by atoms with E-state index in [2.05, 4.69) is 27.3 Å². The molecule has 16 heavy (non-hydrogen) atoms. The van der Waals surface area contributed by atoms with Gasteiger partial charge in [0.2, 0.25) is 0 Å². The lowest BCUT2D eigenvalue weighted by Crippen LogP contribution is -2.30. The summed E-state index contributed by atoms with van der Waals surface area (Å²) in [6.07, 6.45) is 1.55. The van der Waals surface area contributed by atoms with Crippen LogP contribution in [0.5, 0.6) is 0 Å². The quantitative estimate of drug-likeness (QED) is 0.533. The van der Waals surface area contributed by atoms with Crippen LogP contribution in [0.2, 0.25) is 0 Å². The van der Waals surface area contributed by atoms with Gasteiger partial charge in [0, 0.05) is 19.3 Å². The van der Waals surface area contributed by atoms with Crippen LogP contribution in [0.4, 0.5) is 0 Å². The van der Waals surface area contributed by atoms with Crippen LogP contribution < -0.4 is 10.6 Å². The van der Waals surface area contributed by atoms with Crippen LogP contribution in [-0.2, 0) is 6.54 Å². The van der Waals surface area contributed by atoms with Crippen LogP contribution in [-0.4, -0.2) is 37.7 Å². The van der Waals surface area contributed by atoms with Crippen molar-refractivity contribution in [2.24, 2.45) is 4.99 Å². The van der Waals surface area contributed by atoms with E-state index in [1.165, 1.54) is 0 Å². The van der Waals surface area contributed by atoms with Gasteiger partial charge in [-0.05, 0) is 25.9 Å². The van der Waals surface area contributed by atoms with Gasteiger partial charge in [-0.3, -0.25) is 14.8 Å². The fraction of sp³-hybridized carbons (Fsp3) is 0.364. The molecule has 5 heteroatoms. The Kier molecular flexibility index (Phi) is 5.15. The van der Waals surface area contributed by atoms with E-state index < -0.39 is 0 Å². The van der Waals surface area contributed by atoms with Crippen molar-refractivity contribution in [3.05, 3.63) is 29.6 Å². The van der Waals surface area contributed by atoms with Crippen LogP contribution in [0, 0.1) is 0 Å². The number of aromatic nitrogens is 1. The van der Waals surface area contributed by atoms with E-state index in [1.807, 2.05) is 7.05 Å². The maximum atomic E-state index is 11.6. The first-order chi connectivity index (χ1) is 7.77. The minimum Gasteiger partial charge on any atom is -0.351 e. The summed E-state index contributed by atoms with van der Waals surface area (Å²) in [5.41, 5.74) is 1.37. The minimum atomic E-state index is -0.110. The van der Waals surface area contributed by atoms with Crippen LogP contribution in [0.15, 0.2) is 23.3 Å². The zero-order valence-corrected chi connectivity index (χ0v) is 9.36. The summed E-state index contributed by atoms with van der Waals surface area (Å²) in [4.78, 5) is 19.4. The van der Waals surface area contributed by atoms with E-state index in [0.717, 1.165) is 12.2 Å². The van der Waals surface area contributed by atoms with Gasteiger partial charge in [0.25, 0.3) is 5.91 Å². The van der Waals surface area contributed by atoms with E-state index >= 15 is 0 Å². The summed E-state index contributed by atoms with van der Waals surface area (Å²) in [6.45, 7) is 5.21. The molecule has 0 aliphatic heterocycles. The van der Waals surface area contributed by atoms with Crippen LogP contribution in [0.1, 0.15) is 16.1 Å². The van der Waals surface area contributed by atoms with Gasteiger partial charge in [-0.2, -0.15) is 0 Å². The zero-order valence-electron chi connectivity index (χ0n) is 9.36. The van der Waals surface area contributed by atoms with E-state index in [-0.39, 0.29) is 5.91 Å². The predicted molar refractivity (Wildman–Crippen MR) is 63.7 cm³/mol. The topological polar surface area (TPSA) is 66.4 Å². The van der Waals surface area contributed by atoms with Crippen molar-refractivity contribution in [2.75, 3.05) is 20.1 Å². The number of likely N-dealkylation sites (N-methyl/N-ethyl adjacent to an activating group) is 1. The monoisotopic (exact) mass is 220 g/mol. The maximum Gasteiger partial charge on any atom is 0.252 e. The minimum absolute atomic E-state index is 0.110. The van der Waals surface area contributed by atoms with Crippen molar-refractivity contribution in [1.82, 2.24) is 15.6 Å². The molecule has 1 aromatic rings. The molecule has 5 nitrogen and oxygen atoms in total. The number of rotatable bonds is 6. The Morgan fingerprint density at radius 3 is 2.88 bits per heavy atom. The van der Waals surface area contributed by atoms with Crippen molar-refractivity contribution in [3.63, 3.8) is 0 Å². The first kappa shape index (κ1) is 12.3. The summed E-state index contributed by atoms with van der Waals surface area (Å²) in [5.74, 6) is -0.110. The Bertz CT molecular complexity index is 348. The third-order valence-corrected chi connectivity index (χ3v) is 2.02. The largest absolute Gasteiger partial charge is 0.351 e. The Hall–Kier alpha value is -1.75. The number of hydrogen-bond acceptors (Lipinski definition) is 4. The second-order valence-corrected chi connectivity index (χ2v) is 3.28. The van der Waals surface area contributed by atoms with E-state index in [9.17, 15) is 4.79 Å². The number of aliphatic imine (C=N–C) groups is 1. The molecule has 0 bridgehead atoms. The lowest BCUT2D eigenvalue weighted by atomic mass is 10.2. The number of carbonyl (C=O) groups excluding carboxylic acids is 1. The molecule has 0 aliphatic rings. The average molecular weight is 220 g/mol. The number of nitrogens with one attached hydrogen (secondary N) is 2. The molecule has 1 rings (SSSR count). The molecule has 2 N–H and O–H groups in total. The summed E-state index contributed by atoms with van der Waals surface area (Å²) >= 11 is 0. The lowest BCUT2D eigenvalue weighted by Gasteiger charge is -2.04. The smallest absolute Gasteiger partial charge is 0.252 e. The Morgan fingerprint density at radius 1 is 1.50 bits per heavy atom. The molecule has 0 radical (unpaired) electrons. The van der Waals surface area contributed by atoms with Gasteiger partial charge < -0.3 is 10.6 Å². The van der Waals surface area contributed by atoms with Gasteiger partial charge in [-0.1, -0.05) is 0 Å². The van der Waals surface area contributed by atoms with E-state index in [0.29, 0.717) is 18.7 Å². The normalized spacial score (nSPS) is 9.81. The predicted octanol–water partition coefficient (Wildman–Crippen LogP) is 0.231. The molecule has 0 aromatic carbocycles. The summed E-state index contributed by atoms with van der Waals surface area (Å²) in [5, 5.41) is 5.72. The molecule has 86 valence electrons. The Morgan fingerprint density at radius 2 is 2.31 bits per heavy atom. The maximum absolute atomic E-state index is 11.6. The molecule has 1 aromatic heterocycles. The number of hydrogen-bond donors (Lipinski definition) is 2. The van der Waals surface area contributed by atoms with Crippen molar-refractivity contribution < 1.29 is 4.79 Å². The van der Waals surface area contributed by atoms with Gasteiger partial charge in [-0.25, -0.2) is 0 Å². The average Bonchev–Trinajstić information content (AvgIpc) is 2.30. The third kappa shape index (κ3) is 3.78. The van der Waals surface area contributed by atoms with Gasteiger partial charge in [0.15, 0.2) is 0 Å². The van der Waals surface area contributed by atoms with Gasteiger partial charge in [0.05, 0.1) is 17.8 Å². The number of amides is 1. The second kappa shape index (κ2) is 6.68. The molecule has 0 aliphatic carbocycles. The van der Waals surface area contributed by atoms with Crippen LogP contribution in [0.3, 0.4) is 0 Å². The zero-order chi connectivity index (χ0) is 11.8. The van der Waals surface area contributed by atoms with Gasteiger partial charge >= 0.3 is 0 Å². The molecule has 0 fully saturated rings. The molecule has 0 unspecified atom stereocenters. The molecular weight excluding hydrogens is 204 g/mol. The third-order valence-electron chi connectivity index (χ3n) is 2.02. The fourth-order valence-electron chi connectivity index (χ4n) is 1.17. The van der Waals surface area contributed by atoms with Crippen molar-refractivity contribution >= 4 is 12.6 Å². The highest BCUT2D eigenvalue weighted by molar-refractivity contribution is 5.93.